The van der Waals surface area contributed by atoms with Gasteiger partial charge in [0.15, 0.2) is 0 Å². The molecule has 1 fully saturated rings. The van der Waals surface area contributed by atoms with Crippen LogP contribution in [0.4, 0.5) is 4.79 Å². The van der Waals surface area contributed by atoms with E-state index in [1.165, 1.54) is 0 Å². The Labute approximate surface area is 107 Å². The average molecular weight is 256 g/mol. The average Bonchev–Trinajstić information content (AvgIpc) is 2.27. The number of nitrogens with zero attached hydrogens (tertiary/aromatic N) is 4. The van der Waals surface area contributed by atoms with Crippen molar-refractivity contribution in [3.8, 4) is 0 Å². The smallest absolute Gasteiger partial charge is 0.410 e. The van der Waals surface area contributed by atoms with Gasteiger partial charge < -0.3 is 14.4 Å². The molecular weight excluding hydrogens is 236 g/mol. The first-order valence-corrected chi connectivity index (χ1v) is 6.02. The van der Waals surface area contributed by atoms with E-state index in [9.17, 15) is 4.79 Å². The Morgan fingerprint density at radius 1 is 1.61 bits per heavy atom. The van der Waals surface area contributed by atoms with Crippen LogP contribution < -0.4 is 0 Å². The van der Waals surface area contributed by atoms with Crippen LogP contribution in [0.2, 0.25) is 0 Å². The lowest BCUT2D eigenvalue weighted by molar-refractivity contribution is -0.0333. The topological polar surface area (TPSA) is 87.5 Å². The third-order valence-electron chi connectivity index (χ3n) is 2.48. The van der Waals surface area contributed by atoms with Crippen molar-refractivity contribution in [2.75, 3.05) is 26.3 Å². The van der Waals surface area contributed by atoms with Crippen LogP contribution in [0.5, 0.6) is 0 Å². The van der Waals surface area contributed by atoms with Crippen LogP contribution in [0, 0.1) is 0 Å². The predicted molar refractivity (Wildman–Crippen MR) is 66.2 cm³/mol. The van der Waals surface area contributed by atoms with Crippen molar-refractivity contribution in [3.63, 3.8) is 0 Å². The van der Waals surface area contributed by atoms with Crippen LogP contribution in [0.25, 0.3) is 10.4 Å². The Morgan fingerprint density at radius 2 is 2.33 bits per heavy atom. The van der Waals surface area contributed by atoms with Crippen molar-refractivity contribution in [3.05, 3.63) is 10.4 Å². The van der Waals surface area contributed by atoms with Gasteiger partial charge in [-0.1, -0.05) is 5.11 Å². The van der Waals surface area contributed by atoms with Gasteiger partial charge in [0, 0.05) is 18.0 Å². The number of hydrogen-bond donors (Lipinski definition) is 0. The zero-order valence-electron chi connectivity index (χ0n) is 11.1. The maximum atomic E-state index is 12.0. The summed E-state index contributed by atoms with van der Waals surface area (Å²) < 4.78 is 10.7. The molecule has 0 bridgehead atoms. The third kappa shape index (κ3) is 4.81. The van der Waals surface area contributed by atoms with Gasteiger partial charge in [0.2, 0.25) is 0 Å². The third-order valence-corrected chi connectivity index (χ3v) is 2.48. The van der Waals surface area contributed by atoms with E-state index in [1.807, 2.05) is 20.8 Å². The zero-order chi connectivity index (χ0) is 13.6. The second-order valence-electron chi connectivity index (χ2n) is 5.15. The highest BCUT2D eigenvalue weighted by molar-refractivity contribution is 5.68. The highest BCUT2D eigenvalue weighted by Crippen LogP contribution is 2.16. The number of hydrogen-bond acceptors (Lipinski definition) is 4. The molecular formula is C11H20N4O3. The summed E-state index contributed by atoms with van der Waals surface area (Å²) in [6.07, 6.45) is 0.250. The van der Waals surface area contributed by atoms with Crippen LogP contribution in [0.15, 0.2) is 5.11 Å². The molecule has 1 amide bonds. The molecule has 1 rings (SSSR count). The first-order chi connectivity index (χ1) is 8.44. The normalized spacial score (nSPS) is 20.2. The minimum atomic E-state index is -0.509. The van der Waals surface area contributed by atoms with Crippen molar-refractivity contribution in [1.82, 2.24) is 4.90 Å². The van der Waals surface area contributed by atoms with Gasteiger partial charge >= 0.3 is 6.09 Å². The highest BCUT2D eigenvalue weighted by Gasteiger charge is 2.30. The highest BCUT2D eigenvalue weighted by atomic mass is 16.6. The van der Waals surface area contributed by atoms with E-state index in [0.29, 0.717) is 32.7 Å². The first-order valence-electron chi connectivity index (χ1n) is 6.02. The van der Waals surface area contributed by atoms with E-state index < -0.39 is 5.60 Å². The lowest BCUT2D eigenvalue weighted by Gasteiger charge is -2.36. The van der Waals surface area contributed by atoms with Crippen LogP contribution in [-0.2, 0) is 9.47 Å². The lowest BCUT2D eigenvalue weighted by Crippen LogP contribution is -2.50. The van der Waals surface area contributed by atoms with Crippen LogP contribution in [0.1, 0.15) is 27.2 Å². The lowest BCUT2D eigenvalue weighted by atomic mass is 10.1. The fourth-order valence-corrected chi connectivity index (χ4v) is 1.71. The SMILES string of the molecule is CC(C)(C)OC(=O)N1CCOCC1CCN=[N+]=[N-]. The molecule has 0 saturated carbocycles. The number of azide groups is 1. The Balaban J connectivity index is 2.58. The minimum Gasteiger partial charge on any atom is -0.444 e. The predicted octanol–water partition coefficient (Wildman–Crippen LogP) is 2.32. The molecule has 1 saturated heterocycles. The van der Waals surface area contributed by atoms with Crippen molar-refractivity contribution in [2.45, 2.75) is 38.8 Å². The van der Waals surface area contributed by atoms with Crippen molar-refractivity contribution < 1.29 is 14.3 Å². The van der Waals surface area contributed by atoms with Gasteiger partial charge in [-0.25, -0.2) is 4.79 Å². The summed E-state index contributed by atoms with van der Waals surface area (Å²) in [6.45, 7) is 7.33. The Bertz CT molecular complexity index is 334. The molecule has 0 radical (unpaired) electrons. The van der Waals surface area contributed by atoms with Crippen molar-refractivity contribution >= 4 is 6.09 Å². The Morgan fingerprint density at radius 3 is 2.94 bits per heavy atom. The number of carbonyl (C=O) groups is 1. The molecule has 0 aromatic carbocycles. The molecule has 0 spiro atoms. The summed E-state index contributed by atoms with van der Waals surface area (Å²) in [4.78, 5) is 16.4. The molecule has 102 valence electrons. The minimum absolute atomic E-state index is 0.0842. The van der Waals surface area contributed by atoms with E-state index in [0.717, 1.165) is 0 Å². The van der Waals surface area contributed by atoms with Crippen LogP contribution in [-0.4, -0.2) is 48.9 Å². The second kappa shape index (κ2) is 6.47. The van der Waals surface area contributed by atoms with Crippen LogP contribution in [0.3, 0.4) is 0 Å². The van der Waals surface area contributed by atoms with Gasteiger partial charge in [0.05, 0.1) is 19.3 Å². The van der Waals surface area contributed by atoms with Crippen molar-refractivity contribution in [1.29, 1.82) is 0 Å². The van der Waals surface area contributed by atoms with E-state index in [1.54, 1.807) is 4.90 Å². The van der Waals surface area contributed by atoms with Gasteiger partial charge in [-0.05, 0) is 32.7 Å². The van der Waals surface area contributed by atoms with Gasteiger partial charge in [-0.3, -0.25) is 0 Å². The molecule has 0 aromatic rings. The van der Waals surface area contributed by atoms with Crippen LogP contribution >= 0.6 is 0 Å². The molecule has 0 aliphatic carbocycles. The van der Waals surface area contributed by atoms with E-state index in [-0.39, 0.29) is 12.1 Å². The van der Waals surface area contributed by atoms with Gasteiger partial charge in [-0.2, -0.15) is 0 Å². The largest absolute Gasteiger partial charge is 0.444 e. The molecule has 0 N–H and O–H groups in total. The number of morpholine rings is 1. The van der Waals surface area contributed by atoms with Crippen molar-refractivity contribution in [2.24, 2.45) is 5.11 Å². The summed E-state index contributed by atoms with van der Waals surface area (Å²) >= 11 is 0. The summed E-state index contributed by atoms with van der Waals surface area (Å²) in [5.74, 6) is 0. The monoisotopic (exact) mass is 256 g/mol. The Hall–Kier alpha value is -1.46. The fraction of sp³-hybridized carbons (Fsp3) is 0.909. The molecule has 18 heavy (non-hydrogen) atoms. The molecule has 1 atom stereocenters. The van der Waals surface area contributed by atoms with Gasteiger partial charge in [0.1, 0.15) is 5.60 Å². The van der Waals surface area contributed by atoms with Gasteiger partial charge in [0.25, 0.3) is 0 Å². The van der Waals surface area contributed by atoms with E-state index in [4.69, 9.17) is 15.0 Å². The quantitative estimate of drug-likeness (QED) is 0.441. The fourth-order valence-electron chi connectivity index (χ4n) is 1.71. The van der Waals surface area contributed by atoms with Gasteiger partial charge in [-0.15, -0.1) is 0 Å². The summed E-state index contributed by atoms with van der Waals surface area (Å²) in [5.41, 5.74) is 7.74. The van der Waals surface area contributed by atoms with E-state index in [2.05, 4.69) is 10.0 Å². The number of ether oxygens (including phenoxy) is 2. The summed E-state index contributed by atoms with van der Waals surface area (Å²) in [5, 5.41) is 3.48. The van der Waals surface area contributed by atoms with E-state index >= 15 is 0 Å². The maximum Gasteiger partial charge on any atom is 0.410 e. The molecule has 1 unspecified atom stereocenters. The summed E-state index contributed by atoms with van der Waals surface area (Å²) in [6, 6.07) is -0.0842. The second-order valence-corrected chi connectivity index (χ2v) is 5.15. The molecule has 0 aromatic heterocycles. The first kappa shape index (κ1) is 14.6. The molecule has 1 aliphatic heterocycles. The molecule has 1 aliphatic rings. The summed E-state index contributed by atoms with van der Waals surface area (Å²) in [7, 11) is 0. The number of rotatable bonds is 3. The Kier molecular flexibility index (Phi) is 5.25. The number of carbonyl (C=O) groups excluding carboxylic acids is 1. The zero-order valence-corrected chi connectivity index (χ0v) is 11.1. The number of amides is 1. The molecule has 7 heteroatoms. The maximum absolute atomic E-state index is 12.0. The standard InChI is InChI=1S/C11H20N4O3/c1-11(2,3)18-10(16)15-6-7-17-8-9(15)4-5-13-14-12/h9H,4-8H2,1-3H3. The molecule has 7 nitrogen and oxygen atoms in total. The molecule has 1 heterocycles.